The van der Waals surface area contributed by atoms with Crippen LogP contribution in [0.5, 0.6) is 0 Å². The lowest BCUT2D eigenvalue weighted by Gasteiger charge is -2.35. The van der Waals surface area contributed by atoms with E-state index < -0.39 is 21.9 Å². The summed E-state index contributed by atoms with van der Waals surface area (Å²) in [5.74, 6) is -0.508. The van der Waals surface area contributed by atoms with E-state index in [4.69, 9.17) is 11.6 Å². The Kier molecular flexibility index (Phi) is 4.70. The average Bonchev–Trinajstić information content (AvgIpc) is 3.18. The van der Waals surface area contributed by atoms with E-state index in [1.54, 1.807) is 15.8 Å². The highest BCUT2D eigenvalue weighted by molar-refractivity contribution is 7.93. The van der Waals surface area contributed by atoms with Crippen LogP contribution in [0.15, 0.2) is 24.4 Å². The van der Waals surface area contributed by atoms with Crippen LogP contribution in [0.3, 0.4) is 0 Å². The van der Waals surface area contributed by atoms with Gasteiger partial charge in [0.15, 0.2) is 0 Å². The molecule has 4 rings (SSSR count). The third kappa shape index (κ3) is 3.30. The highest BCUT2D eigenvalue weighted by Gasteiger charge is 2.35. The van der Waals surface area contributed by atoms with Gasteiger partial charge < -0.3 is 10.2 Å². The first-order valence-electron chi connectivity index (χ1n) is 8.84. The van der Waals surface area contributed by atoms with Crippen LogP contribution in [0.4, 0.5) is 20.6 Å². The van der Waals surface area contributed by atoms with E-state index in [1.807, 2.05) is 6.92 Å². The smallest absolute Gasteiger partial charge is 0.314 e. The van der Waals surface area contributed by atoms with Crippen molar-refractivity contribution in [3.8, 4) is 0 Å². The van der Waals surface area contributed by atoms with E-state index in [9.17, 15) is 17.6 Å². The number of hydrogen-bond acceptors (Lipinski definition) is 4. The Morgan fingerprint density at radius 1 is 1.39 bits per heavy atom. The first kappa shape index (κ1) is 19.0. The molecule has 0 aliphatic carbocycles. The van der Waals surface area contributed by atoms with Gasteiger partial charge in [-0.2, -0.15) is 5.10 Å². The maximum atomic E-state index is 13.6. The number of urea groups is 1. The number of nitrogens with zero attached hydrogens (tertiary/aromatic N) is 4. The quantitative estimate of drug-likeness (QED) is 0.798. The highest BCUT2D eigenvalue weighted by Crippen LogP contribution is 2.31. The van der Waals surface area contributed by atoms with Crippen LogP contribution in [-0.2, 0) is 23.1 Å². The number of sulfonamides is 1. The van der Waals surface area contributed by atoms with Gasteiger partial charge in [-0.3, -0.25) is 8.99 Å². The molecule has 28 heavy (non-hydrogen) atoms. The minimum Gasteiger partial charge on any atom is -0.314 e. The summed E-state index contributed by atoms with van der Waals surface area (Å²) in [5, 5.41) is 6.95. The first-order valence-corrected chi connectivity index (χ1v) is 10.8. The van der Waals surface area contributed by atoms with Crippen molar-refractivity contribution >= 4 is 39.0 Å². The molecule has 2 amide bonds. The molecular weight excluding hydrogens is 409 g/mol. The number of carbonyl (C=O) groups excluding carboxylic acids is 1. The molecule has 2 aliphatic heterocycles. The van der Waals surface area contributed by atoms with Gasteiger partial charge in [-0.05, 0) is 31.5 Å². The van der Waals surface area contributed by atoms with Crippen molar-refractivity contribution in [2.45, 2.75) is 32.5 Å². The van der Waals surface area contributed by atoms with Crippen LogP contribution < -0.4 is 9.62 Å². The second-order valence-electron chi connectivity index (χ2n) is 6.94. The van der Waals surface area contributed by atoms with Crippen LogP contribution in [0.2, 0.25) is 5.02 Å². The zero-order chi connectivity index (χ0) is 20.1. The molecule has 2 aromatic rings. The second-order valence-corrected chi connectivity index (χ2v) is 9.36. The van der Waals surface area contributed by atoms with Gasteiger partial charge >= 0.3 is 6.03 Å². The molecule has 0 saturated carbocycles. The van der Waals surface area contributed by atoms with Crippen molar-refractivity contribution < 1.29 is 17.6 Å². The van der Waals surface area contributed by atoms with Crippen molar-refractivity contribution in [3.63, 3.8) is 0 Å². The molecule has 8 nitrogen and oxygen atoms in total. The molecular formula is C17H19ClFN5O3S. The Balaban J connectivity index is 1.58. The largest absolute Gasteiger partial charge is 0.322 e. The Morgan fingerprint density at radius 3 is 2.86 bits per heavy atom. The molecule has 0 unspecified atom stereocenters. The van der Waals surface area contributed by atoms with Gasteiger partial charge in [0.05, 0.1) is 47.5 Å². The fourth-order valence-corrected chi connectivity index (χ4v) is 5.24. The van der Waals surface area contributed by atoms with Crippen LogP contribution >= 0.6 is 11.6 Å². The molecule has 1 saturated heterocycles. The minimum atomic E-state index is -3.35. The predicted molar refractivity (Wildman–Crippen MR) is 103 cm³/mol. The standard InChI is InChI=1S/C17H19ClFN5O3S/c1-11-9-23-16(15(8-20-23)24-5-2-6-28(24,26)27)10-22(11)17(25)21-12-3-4-13(18)14(19)7-12/h3-4,7-8,11H,2,5-6,9-10H2,1H3,(H,21,25)/t11-/m0/s1. The lowest BCUT2D eigenvalue weighted by molar-refractivity contribution is 0.162. The monoisotopic (exact) mass is 427 g/mol. The first-order chi connectivity index (χ1) is 13.3. The fraction of sp³-hybridized carbons (Fsp3) is 0.412. The fourth-order valence-electron chi connectivity index (χ4n) is 3.55. The van der Waals surface area contributed by atoms with Gasteiger partial charge in [0.25, 0.3) is 0 Å². The van der Waals surface area contributed by atoms with E-state index in [1.165, 1.54) is 16.4 Å². The molecule has 0 bridgehead atoms. The van der Waals surface area contributed by atoms with Crippen molar-refractivity contribution in [1.29, 1.82) is 0 Å². The Bertz CT molecular complexity index is 1040. The molecule has 3 heterocycles. The molecule has 1 N–H and O–H groups in total. The van der Waals surface area contributed by atoms with Gasteiger partial charge in [0.1, 0.15) is 5.82 Å². The van der Waals surface area contributed by atoms with Crippen LogP contribution in [0.25, 0.3) is 0 Å². The second kappa shape index (κ2) is 6.93. The van der Waals surface area contributed by atoms with E-state index in [2.05, 4.69) is 10.4 Å². The third-order valence-electron chi connectivity index (χ3n) is 5.02. The van der Waals surface area contributed by atoms with E-state index in [0.29, 0.717) is 36.6 Å². The van der Waals surface area contributed by atoms with Crippen LogP contribution in [0.1, 0.15) is 19.0 Å². The van der Waals surface area contributed by atoms with Gasteiger partial charge in [0, 0.05) is 12.2 Å². The van der Waals surface area contributed by atoms with Crippen molar-refractivity contribution in [2.24, 2.45) is 0 Å². The number of carbonyl (C=O) groups is 1. The number of nitrogens with one attached hydrogen (secondary N) is 1. The Morgan fingerprint density at radius 2 is 2.18 bits per heavy atom. The van der Waals surface area contributed by atoms with Gasteiger partial charge in [-0.25, -0.2) is 17.6 Å². The van der Waals surface area contributed by atoms with E-state index in [-0.39, 0.29) is 23.4 Å². The number of halogens is 2. The lowest BCUT2D eigenvalue weighted by atomic mass is 10.2. The summed E-state index contributed by atoms with van der Waals surface area (Å²) in [5.41, 5.74) is 1.47. The maximum Gasteiger partial charge on any atom is 0.322 e. The lowest BCUT2D eigenvalue weighted by Crippen LogP contribution is -2.47. The zero-order valence-corrected chi connectivity index (χ0v) is 16.7. The summed E-state index contributed by atoms with van der Waals surface area (Å²) in [4.78, 5) is 14.3. The molecule has 0 radical (unpaired) electrons. The number of rotatable bonds is 2. The molecule has 150 valence electrons. The van der Waals surface area contributed by atoms with Crippen LogP contribution in [-0.4, -0.2) is 47.5 Å². The zero-order valence-electron chi connectivity index (χ0n) is 15.1. The topological polar surface area (TPSA) is 87.5 Å². The number of benzene rings is 1. The maximum absolute atomic E-state index is 13.6. The van der Waals surface area contributed by atoms with Crippen molar-refractivity contribution in [2.75, 3.05) is 21.9 Å². The van der Waals surface area contributed by atoms with Gasteiger partial charge in [-0.15, -0.1) is 0 Å². The molecule has 11 heteroatoms. The van der Waals surface area contributed by atoms with Crippen molar-refractivity contribution in [3.05, 3.63) is 40.9 Å². The average molecular weight is 428 g/mol. The Labute approximate surface area is 166 Å². The van der Waals surface area contributed by atoms with Gasteiger partial charge in [-0.1, -0.05) is 11.6 Å². The third-order valence-corrected chi connectivity index (χ3v) is 7.18. The molecule has 1 aromatic heterocycles. The normalized spacial score (nSPS) is 20.9. The number of amides is 2. The molecule has 2 aliphatic rings. The summed E-state index contributed by atoms with van der Waals surface area (Å²) in [7, 11) is -3.35. The molecule has 1 fully saturated rings. The number of fused-ring (bicyclic) bond motifs is 1. The predicted octanol–water partition coefficient (Wildman–Crippen LogP) is 2.65. The summed E-state index contributed by atoms with van der Waals surface area (Å²) >= 11 is 5.67. The van der Waals surface area contributed by atoms with Crippen LogP contribution in [0, 0.1) is 5.82 Å². The SMILES string of the molecule is C[C@H]1Cn2ncc(N3CCCS3(=O)=O)c2CN1C(=O)Nc1ccc(Cl)c(F)c1. The number of aromatic nitrogens is 2. The Hall–Kier alpha value is -2.33. The van der Waals surface area contributed by atoms with E-state index >= 15 is 0 Å². The summed E-state index contributed by atoms with van der Waals surface area (Å²) in [6.45, 7) is 2.92. The number of hydrogen-bond donors (Lipinski definition) is 1. The van der Waals surface area contributed by atoms with Gasteiger partial charge in [0.2, 0.25) is 10.0 Å². The molecule has 1 atom stereocenters. The summed E-state index contributed by atoms with van der Waals surface area (Å²) in [6, 6.07) is 3.47. The molecule has 1 aromatic carbocycles. The minimum absolute atomic E-state index is 0.0234. The summed E-state index contributed by atoms with van der Waals surface area (Å²) in [6.07, 6.45) is 2.11. The summed E-state index contributed by atoms with van der Waals surface area (Å²) < 4.78 is 41.3. The highest BCUT2D eigenvalue weighted by atomic mass is 35.5. The van der Waals surface area contributed by atoms with E-state index in [0.717, 1.165) is 6.07 Å². The van der Waals surface area contributed by atoms with Crippen molar-refractivity contribution in [1.82, 2.24) is 14.7 Å². The molecule has 0 spiro atoms. The number of anilines is 2.